The summed E-state index contributed by atoms with van der Waals surface area (Å²) in [6.07, 6.45) is 1.38. The third-order valence-electron chi connectivity index (χ3n) is 4.89. The molecule has 1 saturated heterocycles. The minimum absolute atomic E-state index is 0.183. The summed E-state index contributed by atoms with van der Waals surface area (Å²) in [5, 5.41) is 3.79. The fraction of sp³-hybridized carbons (Fsp3) is 0.333. The fourth-order valence-electron chi connectivity index (χ4n) is 3.54. The summed E-state index contributed by atoms with van der Waals surface area (Å²) in [4.78, 5) is 27.4. The molecule has 5 nitrogen and oxygen atoms in total. The predicted octanol–water partition coefficient (Wildman–Crippen LogP) is 4.48. The average Bonchev–Trinajstić information content (AvgIpc) is 3.16. The van der Waals surface area contributed by atoms with Gasteiger partial charge in [0.15, 0.2) is 0 Å². The van der Waals surface area contributed by atoms with Gasteiger partial charge < -0.3 is 15.0 Å². The summed E-state index contributed by atoms with van der Waals surface area (Å²) < 4.78 is 5.37. The highest BCUT2D eigenvalue weighted by Gasteiger charge is 2.35. The molecule has 148 valence electrons. The number of nitrogens with zero attached hydrogens (tertiary/aromatic N) is 1. The largest absolute Gasteiger partial charge is 0.496 e. The van der Waals surface area contributed by atoms with Crippen molar-refractivity contribution in [1.82, 2.24) is 10.2 Å². The zero-order valence-electron chi connectivity index (χ0n) is 15.7. The van der Waals surface area contributed by atoms with Crippen molar-refractivity contribution in [2.24, 2.45) is 0 Å². The van der Waals surface area contributed by atoms with Crippen LogP contribution in [-0.2, 0) is 4.79 Å². The van der Waals surface area contributed by atoms with Gasteiger partial charge in [-0.1, -0.05) is 41.4 Å². The number of benzene rings is 2. The van der Waals surface area contributed by atoms with Gasteiger partial charge in [0.1, 0.15) is 11.8 Å². The van der Waals surface area contributed by atoms with Gasteiger partial charge in [-0.25, -0.2) is 0 Å². The minimum atomic E-state index is -0.526. The highest BCUT2D eigenvalue weighted by atomic mass is 35.5. The zero-order chi connectivity index (χ0) is 20.3. The first-order valence-corrected chi connectivity index (χ1v) is 9.86. The lowest BCUT2D eigenvalue weighted by atomic mass is 10.1. The van der Waals surface area contributed by atoms with Crippen LogP contribution in [0.4, 0.5) is 0 Å². The lowest BCUT2D eigenvalue weighted by Gasteiger charge is -2.26. The summed E-state index contributed by atoms with van der Waals surface area (Å²) in [7, 11) is 1.60. The van der Waals surface area contributed by atoms with Crippen molar-refractivity contribution in [3.8, 4) is 5.75 Å². The van der Waals surface area contributed by atoms with E-state index in [2.05, 4.69) is 5.32 Å². The molecule has 0 bridgehead atoms. The Labute approximate surface area is 174 Å². The first-order chi connectivity index (χ1) is 13.4. The lowest BCUT2D eigenvalue weighted by molar-refractivity contribution is -0.125. The van der Waals surface area contributed by atoms with E-state index in [9.17, 15) is 9.59 Å². The Morgan fingerprint density at radius 2 is 1.86 bits per heavy atom. The van der Waals surface area contributed by atoms with Gasteiger partial charge in [0, 0.05) is 27.7 Å². The molecule has 2 aromatic carbocycles. The number of nitrogens with one attached hydrogen (secondary N) is 1. The molecule has 1 aliphatic heterocycles. The molecule has 0 radical (unpaired) electrons. The summed E-state index contributed by atoms with van der Waals surface area (Å²) in [5.74, 6) is 0.285. The summed E-state index contributed by atoms with van der Waals surface area (Å²) in [5.41, 5.74) is 1.27. The van der Waals surface area contributed by atoms with Crippen molar-refractivity contribution in [3.63, 3.8) is 0 Å². The Balaban J connectivity index is 1.74. The SMILES string of the molecule is COc1ccccc1[C@@H](C)NC(=O)[C@@H]1CCCN1C(=O)c1cc(Cl)cc(Cl)c1. The van der Waals surface area contributed by atoms with Gasteiger partial charge in [0.2, 0.25) is 5.91 Å². The fourth-order valence-corrected chi connectivity index (χ4v) is 4.06. The van der Waals surface area contributed by atoms with Gasteiger partial charge >= 0.3 is 0 Å². The molecule has 0 spiro atoms. The molecule has 1 N–H and O–H groups in total. The van der Waals surface area contributed by atoms with Crippen LogP contribution in [0.3, 0.4) is 0 Å². The third-order valence-corrected chi connectivity index (χ3v) is 5.33. The van der Waals surface area contributed by atoms with Crippen molar-refractivity contribution in [2.45, 2.75) is 31.8 Å². The van der Waals surface area contributed by atoms with Crippen molar-refractivity contribution in [2.75, 3.05) is 13.7 Å². The van der Waals surface area contributed by atoms with Crippen LogP contribution in [0.5, 0.6) is 5.75 Å². The predicted molar refractivity (Wildman–Crippen MR) is 110 cm³/mol. The van der Waals surface area contributed by atoms with Gasteiger partial charge in [-0.2, -0.15) is 0 Å². The highest BCUT2D eigenvalue weighted by molar-refractivity contribution is 6.35. The maximum Gasteiger partial charge on any atom is 0.254 e. The van der Waals surface area contributed by atoms with Gasteiger partial charge in [0.25, 0.3) is 5.91 Å². The van der Waals surface area contributed by atoms with Crippen LogP contribution in [0.15, 0.2) is 42.5 Å². The van der Waals surface area contributed by atoms with E-state index in [1.54, 1.807) is 30.2 Å². The summed E-state index contributed by atoms with van der Waals surface area (Å²) in [6.45, 7) is 2.41. The third kappa shape index (κ3) is 4.42. The van der Waals surface area contributed by atoms with E-state index in [0.29, 0.717) is 34.3 Å². The van der Waals surface area contributed by atoms with E-state index in [4.69, 9.17) is 27.9 Å². The first kappa shape index (κ1) is 20.5. The molecule has 1 aliphatic rings. The minimum Gasteiger partial charge on any atom is -0.496 e. The molecule has 1 heterocycles. The van der Waals surface area contributed by atoms with Gasteiger partial charge in [-0.3, -0.25) is 9.59 Å². The topological polar surface area (TPSA) is 58.6 Å². The van der Waals surface area contributed by atoms with E-state index in [1.807, 2.05) is 31.2 Å². The second kappa shape index (κ2) is 8.84. The number of carbonyl (C=O) groups is 2. The van der Waals surface area contributed by atoms with Crippen LogP contribution in [0.2, 0.25) is 10.0 Å². The maximum atomic E-state index is 12.9. The molecule has 0 aliphatic carbocycles. The van der Waals surface area contributed by atoms with E-state index in [1.165, 1.54) is 0 Å². The molecular formula is C21H22Cl2N2O3. The monoisotopic (exact) mass is 420 g/mol. The van der Waals surface area contributed by atoms with Crippen molar-refractivity contribution >= 4 is 35.0 Å². The molecule has 0 aromatic heterocycles. The van der Waals surface area contributed by atoms with E-state index < -0.39 is 6.04 Å². The van der Waals surface area contributed by atoms with Crippen molar-refractivity contribution in [1.29, 1.82) is 0 Å². The van der Waals surface area contributed by atoms with Crippen LogP contribution >= 0.6 is 23.2 Å². The van der Waals surface area contributed by atoms with E-state index >= 15 is 0 Å². The van der Waals surface area contributed by atoms with Crippen LogP contribution in [-0.4, -0.2) is 36.4 Å². The number of amides is 2. The Hall–Kier alpha value is -2.24. The van der Waals surface area contributed by atoms with Crippen LogP contribution < -0.4 is 10.1 Å². The second-order valence-electron chi connectivity index (χ2n) is 6.79. The number of methoxy groups -OCH3 is 1. The molecule has 2 atom stereocenters. The van der Waals surface area contributed by atoms with Crippen LogP contribution in [0, 0.1) is 0 Å². The molecule has 7 heteroatoms. The lowest BCUT2D eigenvalue weighted by Crippen LogP contribution is -2.46. The molecule has 28 heavy (non-hydrogen) atoms. The Bertz CT molecular complexity index is 867. The van der Waals surface area contributed by atoms with Gasteiger partial charge in [-0.05, 0) is 44.0 Å². The standard InChI is InChI=1S/C21H22Cl2N2O3/c1-13(17-6-3-4-8-19(17)28-2)24-20(26)18-7-5-9-25(18)21(27)14-10-15(22)12-16(23)11-14/h3-4,6,8,10-13,18H,5,7,9H2,1-2H3,(H,24,26)/t13-,18+/m1/s1. The number of halogens is 2. The number of ether oxygens (including phenoxy) is 1. The van der Waals surface area contributed by atoms with Gasteiger partial charge in [-0.15, -0.1) is 0 Å². The molecule has 1 fully saturated rings. The summed E-state index contributed by atoms with van der Waals surface area (Å²) >= 11 is 12.0. The van der Waals surface area contributed by atoms with E-state index in [0.717, 1.165) is 12.0 Å². The number of likely N-dealkylation sites (tertiary alicyclic amines) is 1. The zero-order valence-corrected chi connectivity index (χ0v) is 17.3. The molecule has 0 unspecified atom stereocenters. The molecule has 2 amide bonds. The summed E-state index contributed by atoms with van der Waals surface area (Å²) in [6, 6.07) is 11.5. The smallest absolute Gasteiger partial charge is 0.254 e. The Morgan fingerprint density at radius 3 is 2.54 bits per heavy atom. The Kier molecular flexibility index (Phi) is 6.47. The number of rotatable bonds is 5. The molecule has 0 saturated carbocycles. The molecule has 3 rings (SSSR count). The number of hydrogen-bond acceptors (Lipinski definition) is 3. The first-order valence-electron chi connectivity index (χ1n) is 9.11. The maximum absolute atomic E-state index is 12.9. The van der Waals surface area contributed by atoms with E-state index in [-0.39, 0.29) is 17.9 Å². The number of carbonyl (C=O) groups excluding carboxylic acids is 2. The quantitative estimate of drug-likeness (QED) is 0.775. The van der Waals surface area contributed by atoms with Crippen molar-refractivity contribution in [3.05, 3.63) is 63.6 Å². The van der Waals surface area contributed by atoms with Crippen molar-refractivity contribution < 1.29 is 14.3 Å². The molecule has 2 aromatic rings. The highest BCUT2D eigenvalue weighted by Crippen LogP contribution is 2.27. The van der Waals surface area contributed by atoms with Crippen LogP contribution in [0.1, 0.15) is 41.7 Å². The normalized spacial score (nSPS) is 17.3. The molecular weight excluding hydrogens is 399 g/mol. The number of para-hydroxylation sites is 1. The van der Waals surface area contributed by atoms with Crippen LogP contribution in [0.25, 0.3) is 0 Å². The Morgan fingerprint density at radius 1 is 1.18 bits per heavy atom. The second-order valence-corrected chi connectivity index (χ2v) is 7.66. The average molecular weight is 421 g/mol. The van der Waals surface area contributed by atoms with Gasteiger partial charge in [0.05, 0.1) is 13.2 Å². The number of hydrogen-bond donors (Lipinski definition) is 1.